The lowest BCUT2D eigenvalue weighted by atomic mass is 10.1. The van der Waals surface area contributed by atoms with Crippen molar-refractivity contribution in [1.82, 2.24) is 4.98 Å². The molecular formula is C21H21N3O2. The van der Waals surface area contributed by atoms with Gasteiger partial charge in [-0.3, -0.25) is 9.59 Å². The largest absolute Gasteiger partial charge is 0.361 e. The minimum absolute atomic E-state index is 0.0723. The molecule has 4 rings (SSSR count). The number of benzene rings is 2. The highest BCUT2D eigenvalue weighted by Crippen LogP contribution is 2.24. The van der Waals surface area contributed by atoms with E-state index in [2.05, 4.69) is 10.3 Å². The summed E-state index contributed by atoms with van der Waals surface area (Å²) in [6.45, 7) is 0.742. The lowest BCUT2D eigenvalue weighted by Gasteiger charge is -2.27. The first-order chi connectivity index (χ1) is 12.7. The van der Waals surface area contributed by atoms with E-state index in [0.717, 1.165) is 41.5 Å². The lowest BCUT2D eigenvalue weighted by molar-refractivity contribution is -0.119. The number of para-hydroxylation sites is 1. The van der Waals surface area contributed by atoms with E-state index in [4.69, 9.17) is 0 Å². The molecule has 0 saturated carbocycles. The molecule has 0 unspecified atom stereocenters. The summed E-state index contributed by atoms with van der Waals surface area (Å²) in [7, 11) is 0. The van der Waals surface area contributed by atoms with Crippen LogP contribution in [0, 0.1) is 0 Å². The molecule has 1 aromatic heterocycles. The summed E-state index contributed by atoms with van der Waals surface area (Å²) in [6, 6.07) is 15.5. The fourth-order valence-corrected chi connectivity index (χ4v) is 3.49. The molecule has 0 radical (unpaired) electrons. The fraction of sp³-hybridized carbons (Fsp3) is 0.238. The maximum absolute atomic E-state index is 12.5. The van der Waals surface area contributed by atoms with Crippen LogP contribution in [0.3, 0.4) is 0 Å². The maximum atomic E-state index is 12.5. The number of hydrogen-bond donors (Lipinski definition) is 2. The van der Waals surface area contributed by atoms with Crippen LogP contribution in [0.15, 0.2) is 54.7 Å². The summed E-state index contributed by atoms with van der Waals surface area (Å²) < 4.78 is 0. The van der Waals surface area contributed by atoms with Crippen molar-refractivity contribution in [3.8, 4) is 0 Å². The first kappa shape index (κ1) is 16.4. The molecule has 0 spiro atoms. The van der Waals surface area contributed by atoms with E-state index in [1.165, 1.54) is 0 Å². The third-order valence-corrected chi connectivity index (χ3v) is 4.79. The second kappa shape index (κ2) is 7.04. The minimum Gasteiger partial charge on any atom is -0.361 e. The van der Waals surface area contributed by atoms with E-state index < -0.39 is 0 Å². The number of nitrogens with zero attached hydrogens (tertiary/aromatic N) is 1. The van der Waals surface area contributed by atoms with Gasteiger partial charge in [0.25, 0.3) is 0 Å². The van der Waals surface area contributed by atoms with Crippen molar-refractivity contribution in [3.63, 3.8) is 0 Å². The predicted molar refractivity (Wildman–Crippen MR) is 103 cm³/mol. The number of fused-ring (bicyclic) bond motifs is 1. The molecule has 26 heavy (non-hydrogen) atoms. The number of amides is 2. The molecule has 1 fully saturated rings. The topological polar surface area (TPSA) is 65.2 Å². The van der Waals surface area contributed by atoms with Crippen LogP contribution in [0.4, 0.5) is 11.4 Å². The Hall–Kier alpha value is -3.08. The number of aromatic nitrogens is 1. The van der Waals surface area contributed by atoms with E-state index in [1.54, 1.807) is 4.90 Å². The number of rotatable bonds is 4. The van der Waals surface area contributed by atoms with E-state index in [0.29, 0.717) is 18.5 Å². The number of carbonyl (C=O) groups is 2. The van der Waals surface area contributed by atoms with E-state index in [1.807, 2.05) is 54.7 Å². The van der Waals surface area contributed by atoms with Gasteiger partial charge in [0.1, 0.15) is 0 Å². The quantitative estimate of drug-likeness (QED) is 0.752. The Morgan fingerprint density at radius 2 is 2.00 bits per heavy atom. The van der Waals surface area contributed by atoms with Crippen LogP contribution < -0.4 is 10.2 Å². The van der Waals surface area contributed by atoms with Gasteiger partial charge in [0.05, 0.1) is 6.42 Å². The average Bonchev–Trinajstić information content (AvgIpc) is 3.05. The Morgan fingerprint density at radius 1 is 1.12 bits per heavy atom. The molecule has 2 amide bonds. The van der Waals surface area contributed by atoms with Crippen LogP contribution in [-0.2, 0) is 16.0 Å². The standard InChI is InChI=1S/C21H21N3O2/c25-20(12-15-14-22-19-9-2-1-8-18(15)19)23-16-6-5-7-17(13-16)24-11-4-3-10-21(24)26/h1-2,5-9,13-14,22H,3-4,10-12H2,(H,23,25). The monoisotopic (exact) mass is 347 g/mol. The molecule has 0 atom stereocenters. The van der Waals surface area contributed by atoms with Crippen LogP contribution in [0.2, 0.25) is 0 Å². The number of nitrogens with one attached hydrogen (secondary N) is 2. The average molecular weight is 347 g/mol. The predicted octanol–water partition coefficient (Wildman–Crippen LogP) is 3.87. The van der Waals surface area contributed by atoms with Crippen molar-refractivity contribution in [2.75, 3.05) is 16.8 Å². The Bertz CT molecular complexity index is 961. The maximum Gasteiger partial charge on any atom is 0.228 e. The van der Waals surface area contributed by atoms with Gasteiger partial charge in [-0.25, -0.2) is 0 Å². The Balaban J connectivity index is 1.47. The van der Waals surface area contributed by atoms with E-state index in [-0.39, 0.29) is 11.8 Å². The van der Waals surface area contributed by atoms with Crippen molar-refractivity contribution in [2.24, 2.45) is 0 Å². The van der Waals surface area contributed by atoms with Gasteiger partial charge in [-0.05, 0) is 42.7 Å². The third kappa shape index (κ3) is 3.33. The summed E-state index contributed by atoms with van der Waals surface area (Å²) in [5.74, 6) is 0.0791. The molecule has 3 aromatic rings. The van der Waals surface area contributed by atoms with Gasteiger partial charge in [-0.1, -0.05) is 24.3 Å². The molecule has 0 bridgehead atoms. The second-order valence-corrected chi connectivity index (χ2v) is 6.64. The van der Waals surface area contributed by atoms with Crippen LogP contribution in [0.25, 0.3) is 10.9 Å². The zero-order valence-corrected chi connectivity index (χ0v) is 14.5. The van der Waals surface area contributed by atoms with Crippen molar-refractivity contribution in [3.05, 3.63) is 60.3 Å². The lowest BCUT2D eigenvalue weighted by Crippen LogP contribution is -2.35. The van der Waals surface area contributed by atoms with Gasteiger partial charge in [0.2, 0.25) is 11.8 Å². The van der Waals surface area contributed by atoms with Crippen molar-refractivity contribution < 1.29 is 9.59 Å². The molecule has 2 N–H and O–H groups in total. The number of hydrogen-bond acceptors (Lipinski definition) is 2. The van der Waals surface area contributed by atoms with Gasteiger partial charge in [0.15, 0.2) is 0 Å². The summed E-state index contributed by atoms with van der Waals surface area (Å²) in [6.07, 6.45) is 4.75. The first-order valence-corrected chi connectivity index (χ1v) is 8.96. The van der Waals surface area contributed by atoms with Gasteiger partial charge < -0.3 is 15.2 Å². The first-order valence-electron chi connectivity index (χ1n) is 8.96. The highest BCUT2D eigenvalue weighted by Gasteiger charge is 2.19. The van der Waals surface area contributed by atoms with Gasteiger partial charge in [-0.15, -0.1) is 0 Å². The van der Waals surface area contributed by atoms with Gasteiger partial charge >= 0.3 is 0 Å². The van der Waals surface area contributed by atoms with Gasteiger partial charge in [0, 0.05) is 41.4 Å². The molecular weight excluding hydrogens is 326 g/mol. The Kier molecular flexibility index (Phi) is 4.44. The van der Waals surface area contributed by atoms with E-state index >= 15 is 0 Å². The molecule has 5 nitrogen and oxygen atoms in total. The molecule has 0 aliphatic carbocycles. The number of anilines is 2. The van der Waals surface area contributed by atoms with E-state index in [9.17, 15) is 9.59 Å². The molecule has 1 aliphatic heterocycles. The van der Waals surface area contributed by atoms with Gasteiger partial charge in [-0.2, -0.15) is 0 Å². The molecule has 1 aliphatic rings. The highest BCUT2D eigenvalue weighted by atomic mass is 16.2. The SMILES string of the molecule is O=C(Cc1c[nH]c2ccccc12)Nc1cccc(N2CCCCC2=O)c1. The number of aromatic amines is 1. The van der Waals surface area contributed by atoms with Crippen LogP contribution in [0.1, 0.15) is 24.8 Å². The van der Waals surface area contributed by atoms with Crippen LogP contribution in [-0.4, -0.2) is 23.3 Å². The summed E-state index contributed by atoms with van der Waals surface area (Å²) in [4.78, 5) is 29.6. The minimum atomic E-state index is -0.0723. The van der Waals surface area contributed by atoms with Crippen LogP contribution in [0.5, 0.6) is 0 Å². The summed E-state index contributed by atoms with van der Waals surface area (Å²) in [5, 5.41) is 4.01. The number of carbonyl (C=O) groups excluding carboxylic acids is 2. The summed E-state index contributed by atoms with van der Waals surface area (Å²) in [5.41, 5.74) is 3.56. The molecule has 132 valence electrons. The number of piperidine rings is 1. The second-order valence-electron chi connectivity index (χ2n) is 6.64. The normalized spacial score (nSPS) is 14.6. The van der Waals surface area contributed by atoms with Crippen molar-refractivity contribution >= 4 is 34.1 Å². The highest BCUT2D eigenvalue weighted by molar-refractivity contribution is 5.98. The molecule has 2 heterocycles. The molecule has 5 heteroatoms. The smallest absolute Gasteiger partial charge is 0.228 e. The van der Waals surface area contributed by atoms with Crippen molar-refractivity contribution in [1.29, 1.82) is 0 Å². The molecule has 2 aromatic carbocycles. The molecule has 1 saturated heterocycles. The van der Waals surface area contributed by atoms with Crippen molar-refractivity contribution in [2.45, 2.75) is 25.7 Å². The number of H-pyrrole nitrogens is 1. The van der Waals surface area contributed by atoms with Crippen LogP contribution >= 0.6 is 0 Å². The Labute approximate surface area is 152 Å². The third-order valence-electron chi connectivity index (χ3n) is 4.79. The Morgan fingerprint density at radius 3 is 2.88 bits per heavy atom. The zero-order chi connectivity index (χ0) is 17.9. The fourth-order valence-electron chi connectivity index (χ4n) is 3.49. The zero-order valence-electron chi connectivity index (χ0n) is 14.5. The summed E-state index contributed by atoms with van der Waals surface area (Å²) >= 11 is 0.